The average molecular weight is 497 g/mol. The van der Waals surface area contributed by atoms with E-state index >= 15 is 0 Å². The van der Waals surface area contributed by atoms with Gasteiger partial charge in [-0.15, -0.1) is 10.2 Å². The van der Waals surface area contributed by atoms with Crippen LogP contribution in [0.3, 0.4) is 0 Å². The summed E-state index contributed by atoms with van der Waals surface area (Å²) in [7, 11) is 1.63. The summed E-state index contributed by atoms with van der Waals surface area (Å²) in [6.07, 6.45) is 0. The second-order valence-corrected chi connectivity index (χ2v) is 9.11. The molecule has 5 aromatic rings. The maximum atomic E-state index is 14.3. The van der Waals surface area contributed by atoms with E-state index in [1.807, 2.05) is 59.9 Å². The highest BCUT2D eigenvalue weighted by Crippen LogP contribution is 2.30. The molecule has 9 heteroatoms. The van der Waals surface area contributed by atoms with E-state index in [9.17, 15) is 9.18 Å². The Kier molecular flexibility index (Phi) is 5.67. The standard InChI is InChI=1S/C28H25FN6O2/c1-18-17-33(15-16-34(18)27(36)21-7-3-5-9-23(21)29)28-30-24-10-6-4-8-22(24)26-32-31-25(35(26)28)19-11-13-20(37-2)14-12-19/h3-14,18H,15-17H2,1-2H3. The van der Waals surface area contributed by atoms with Gasteiger partial charge in [0.15, 0.2) is 11.5 Å². The number of hydrogen-bond acceptors (Lipinski definition) is 6. The molecular formula is C28H25FN6O2. The molecule has 2 aromatic heterocycles. The Bertz CT molecular complexity index is 1620. The van der Waals surface area contributed by atoms with Crippen LogP contribution in [-0.2, 0) is 0 Å². The van der Waals surface area contributed by atoms with Gasteiger partial charge >= 0.3 is 0 Å². The summed E-state index contributed by atoms with van der Waals surface area (Å²) in [5.41, 5.74) is 2.50. The van der Waals surface area contributed by atoms with E-state index in [4.69, 9.17) is 9.72 Å². The minimum Gasteiger partial charge on any atom is -0.497 e. The Balaban J connectivity index is 1.41. The van der Waals surface area contributed by atoms with Gasteiger partial charge in [0.25, 0.3) is 5.91 Å². The highest BCUT2D eigenvalue weighted by atomic mass is 19.1. The fraction of sp³-hybridized carbons (Fsp3) is 0.214. The van der Waals surface area contributed by atoms with E-state index in [2.05, 4.69) is 15.1 Å². The van der Waals surface area contributed by atoms with E-state index in [0.717, 1.165) is 22.2 Å². The molecule has 186 valence electrons. The highest BCUT2D eigenvalue weighted by Gasteiger charge is 2.31. The third-order valence-corrected chi connectivity index (χ3v) is 6.85. The number of benzene rings is 3. The summed E-state index contributed by atoms with van der Waals surface area (Å²) < 4.78 is 21.6. The fourth-order valence-electron chi connectivity index (χ4n) is 4.94. The van der Waals surface area contributed by atoms with Gasteiger partial charge in [-0.1, -0.05) is 24.3 Å². The number of fused-ring (bicyclic) bond motifs is 3. The maximum absolute atomic E-state index is 14.3. The molecule has 0 spiro atoms. The molecule has 0 saturated carbocycles. The average Bonchev–Trinajstić information content (AvgIpc) is 3.38. The van der Waals surface area contributed by atoms with Crippen molar-refractivity contribution < 1.29 is 13.9 Å². The van der Waals surface area contributed by atoms with Crippen molar-refractivity contribution in [2.24, 2.45) is 0 Å². The summed E-state index contributed by atoms with van der Waals surface area (Å²) in [5.74, 6) is 1.32. The first kappa shape index (κ1) is 22.9. The molecular weight excluding hydrogens is 471 g/mol. The molecule has 37 heavy (non-hydrogen) atoms. The summed E-state index contributed by atoms with van der Waals surface area (Å²) in [6.45, 7) is 3.47. The number of hydrogen-bond donors (Lipinski definition) is 0. The summed E-state index contributed by atoms with van der Waals surface area (Å²) in [6, 6.07) is 21.5. The Morgan fingerprint density at radius 2 is 1.73 bits per heavy atom. The van der Waals surface area contributed by atoms with Crippen molar-refractivity contribution in [2.75, 3.05) is 31.6 Å². The van der Waals surface area contributed by atoms with Crippen LogP contribution in [0.2, 0.25) is 0 Å². The number of carbonyl (C=O) groups excluding carboxylic acids is 1. The van der Waals surface area contributed by atoms with Gasteiger partial charge in [0.2, 0.25) is 5.95 Å². The minimum absolute atomic E-state index is 0.0922. The summed E-state index contributed by atoms with van der Waals surface area (Å²) >= 11 is 0. The lowest BCUT2D eigenvalue weighted by Crippen LogP contribution is -2.54. The van der Waals surface area contributed by atoms with Gasteiger partial charge in [-0.05, 0) is 55.5 Å². The van der Waals surface area contributed by atoms with Crippen LogP contribution in [-0.4, -0.2) is 63.2 Å². The van der Waals surface area contributed by atoms with E-state index in [1.54, 1.807) is 24.1 Å². The van der Waals surface area contributed by atoms with Crippen molar-refractivity contribution >= 4 is 28.4 Å². The van der Waals surface area contributed by atoms with Crippen LogP contribution >= 0.6 is 0 Å². The summed E-state index contributed by atoms with van der Waals surface area (Å²) in [4.78, 5) is 22.0. The van der Waals surface area contributed by atoms with E-state index in [1.165, 1.54) is 12.1 Å². The van der Waals surface area contributed by atoms with Crippen LogP contribution in [0.5, 0.6) is 5.75 Å². The molecule has 1 amide bonds. The van der Waals surface area contributed by atoms with Crippen molar-refractivity contribution in [3.05, 3.63) is 84.2 Å². The number of rotatable bonds is 4. The molecule has 1 saturated heterocycles. The Morgan fingerprint density at radius 1 is 0.973 bits per heavy atom. The van der Waals surface area contributed by atoms with Crippen LogP contribution in [0.4, 0.5) is 10.3 Å². The molecule has 0 aliphatic carbocycles. The molecule has 1 atom stereocenters. The Hall–Kier alpha value is -4.53. The first-order valence-corrected chi connectivity index (χ1v) is 12.1. The summed E-state index contributed by atoms with van der Waals surface area (Å²) in [5, 5.41) is 9.98. The van der Waals surface area contributed by atoms with Crippen molar-refractivity contribution in [1.29, 1.82) is 0 Å². The van der Waals surface area contributed by atoms with Crippen molar-refractivity contribution in [2.45, 2.75) is 13.0 Å². The van der Waals surface area contributed by atoms with Gasteiger partial charge in [0.05, 0.1) is 18.2 Å². The Labute approximate surface area is 212 Å². The number of aromatic nitrogens is 4. The molecule has 1 fully saturated rings. The van der Waals surface area contributed by atoms with Gasteiger partial charge in [0.1, 0.15) is 11.6 Å². The molecule has 0 radical (unpaired) electrons. The number of para-hydroxylation sites is 1. The van der Waals surface area contributed by atoms with E-state index in [0.29, 0.717) is 37.1 Å². The number of methoxy groups -OCH3 is 1. The molecule has 6 rings (SSSR count). The highest BCUT2D eigenvalue weighted by molar-refractivity contribution is 5.95. The van der Waals surface area contributed by atoms with Crippen LogP contribution in [0.15, 0.2) is 72.8 Å². The van der Waals surface area contributed by atoms with Crippen LogP contribution in [0.25, 0.3) is 27.9 Å². The topological polar surface area (TPSA) is 75.9 Å². The van der Waals surface area contributed by atoms with E-state index < -0.39 is 5.82 Å². The van der Waals surface area contributed by atoms with Crippen LogP contribution in [0, 0.1) is 5.82 Å². The largest absolute Gasteiger partial charge is 0.497 e. The molecule has 8 nitrogen and oxygen atoms in total. The van der Waals surface area contributed by atoms with Crippen molar-refractivity contribution in [1.82, 2.24) is 24.5 Å². The van der Waals surface area contributed by atoms with E-state index in [-0.39, 0.29) is 17.5 Å². The third kappa shape index (κ3) is 3.92. The SMILES string of the molecule is COc1ccc(-c2nnc3c4ccccc4nc(N4CCN(C(=O)c5ccccc5F)C(C)C4)n23)cc1. The predicted octanol–water partition coefficient (Wildman–Crippen LogP) is 4.44. The van der Waals surface area contributed by atoms with Crippen molar-refractivity contribution in [3.8, 4) is 17.1 Å². The molecule has 1 unspecified atom stereocenters. The molecule has 0 N–H and O–H groups in total. The smallest absolute Gasteiger partial charge is 0.257 e. The maximum Gasteiger partial charge on any atom is 0.257 e. The molecule has 1 aliphatic rings. The zero-order valence-corrected chi connectivity index (χ0v) is 20.5. The number of anilines is 1. The zero-order chi connectivity index (χ0) is 25.5. The number of halogens is 1. The fourth-order valence-corrected chi connectivity index (χ4v) is 4.94. The molecule has 3 aromatic carbocycles. The monoisotopic (exact) mass is 496 g/mol. The van der Waals surface area contributed by atoms with Gasteiger partial charge in [0, 0.05) is 36.6 Å². The minimum atomic E-state index is -0.506. The normalized spacial score (nSPS) is 15.9. The predicted molar refractivity (Wildman–Crippen MR) is 139 cm³/mol. The first-order chi connectivity index (χ1) is 18.0. The van der Waals surface area contributed by atoms with Gasteiger partial charge in [-0.2, -0.15) is 0 Å². The lowest BCUT2D eigenvalue weighted by molar-refractivity contribution is 0.0668. The molecule has 3 heterocycles. The first-order valence-electron chi connectivity index (χ1n) is 12.1. The molecule has 1 aliphatic heterocycles. The van der Waals surface area contributed by atoms with Crippen LogP contribution < -0.4 is 9.64 Å². The Morgan fingerprint density at radius 3 is 2.49 bits per heavy atom. The number of carbonyl (C=O) groups is 1. The number of ether oxygens (including phenoxy) is 1. The molecule has 0 bridgehead atoms. The second kappa shape index (κ2) is 9.16. The number of amides is 1. The number of piperazine rings is 1. The number of nitrogens with zero attached hydrogens (tertiary/aromatic N) is 6. The lowest BCUT2D eigenvalue weighted by atomic mass is 10.1. The zero-order valence-electron chi connectivity index (χ0n) is 20.5. The van der Waals surface area contributed by atoms with Crippen molar-refractivity contribution in [3.63, 3.8) is 0 Å². The second-order valence-electron chi connectivity index (χ2n) is 9.11. The van der Waals surface area contributed by atoms with Gasteiger partial charge in [-0.25, -0.2) is 13.8 Å². The van der Waals surface area contributed by atoms with Gasteiger partial charge in [-0.3, -0.25) is 4.79 Å². The third-order valence-electron chi connectivity index (χ3n) is 6.85. The van der Waals surface area contributed by atoms with Crippen LogP contribution in [0.1, 0.15) is 17.3 Å². The van der Waals surface area contributed by atoms with Gasteiger partial charge < -0.3 is 14.5 Å². The lowest BCUT2D eigenvalue weighted by Gasteiger charge is -2.40. The quantitative estimate of drug-likeness (QED) is 0.366.